The summed E-state index contributed by atoms with van der Waals surface area (Å²) in [5.41, 5.74) is 4.43. The van der Waals surface area contributed by atoms with Crippen LogP contribution in [0.3, 0.4) is 0 Å². The molecule has 2 aromatic rings. The Morgan fingerprint density at radius 3 is 2.85 bits per heavy atom. The largest absolute Gasteiger partial charge is 0.296 e. The van der Waals surface area contributed by atoms with Crippen molar-refractivity contribution >= 4 is 11.7 Å². The zero-order valence-electron chi connectivity index (χ0n) is 15.2. The summed E-state index contributed by atoms with van der Waals surface area (Å²) in [6.07, 6.45) is 13.0. The molecule has 0 fully saturated rings. The van der Waals surface area contributed by atoms with Gasteiger partial charge in [0, 0.05) is 42.2 Å². The van der Waals surface area contributed by atoms with Crippen LogP contribution in [-0.2, 0) is 11.2 Å². The molecule has 1 aliphatic carbocycles. The molecule has 0 saturated heterocycles. The predicted octanol–water partition coefficient (Wildman–Crippen LogP) is 4.02. The van der Waals surface area contributed by atoms with E-state index in [0.717, 1.165) is 35.5 Å². The molecule has 2 aliphatic rings. The highest BCUT2D eigenvalue weighted by molar-refractivity contribution is 5.95. The van der Waals surface area contributed by atoms with Crippen molar-refractivity contribution in [2.24, 2.45) is 0 Å². The number of rotatable bonds is 4. The predicted molar refractivity (Wildman–Crippen MR) is 102 cm³/mol. The molecule has 0 radical (unpaired) electrons. The number of nitrogens with zero attached hydrogens (tertiary/aromatic N) is 4. The summed E-state index contributed by atoms with van der Waals surface area (Å²) in [7, 11) is 0. The molecule has 26 heavy (non-hydrogen) atoms. The monoisotopic (exact) mass is 348 g/mol. The second kappa shape index (κ2) is 7.36. The first-order valence-corrected chi connectivity index (χ1v) is 9.48. The van der Waals surface area contributed by atoms with Crippen molar-refractivity contribution in [1.29, 1.82) is 0 Å². The number of aromatic nitrogens is 3. The number of pyridine rings is 1. The van der Waals surface area contributed by atoms with E-state index in [0.29, 0.717) is 18.8 Å². The normalized spacial score (nSPS) is 17.0. The van der Waals surface area contributed by atoms with E-state index >= 15 is 0 Å². The number of amides is 1. The van der Waals surface area contributed by atoms with Crippen LogP contribution in [0.5, 0.6) is 0 Å². The van der Waals surface area contributed by atoms with Gasteiger partial charge in [-0.3, -0.25) is 14.7 Å². The van der Waals surface area contributed by atoms with E-state index in [1.807, 2.05) is 24.0 Å². The van der Waals surface area contributed by atoms with E-state index in [9.17, 15) is 4.79 Å². The Morgan fingerprint density at radius 1 is 1.15 bits per heavy atom. The Bertz CT molecular complexity index is 845. The Labute approximate surface area is 154 Å². The van der Waals surface area contributed by atoms with Gasteiger partial charge in [0.2, 0.25) is 5.91 Å². The number of hydrogen-bond donors (Lipinski definition) is 0. The lowest BCUT2D eigenvalue weighted by molar-refractivity contribution is -0.118. The zero-order chi connectivity index (χ0) is 17.9. The summed E-state index contributed by atoms with van der Waals surface area (Å²) in [5.74, 6) is 1.61. The fourth-order valence-electron chi connectivity index (χ4n) is 3.82. The number of hydrogen-bond acceptors (Lipinski definition) is 4. The van der Waals surface area contributed by atoms with Gasteiger partial charge in [0.25, 0.3) is 0 Å². The van der Waals surface area contributed by atoms with Crippen LogP contribution in [0.1, 0.15) is 49.8 Å². The van der Waals surface area contributed by atoms with Crippen LogP contribution >= 0.6 is 0 Å². The Morgan fingerprint density at radius 2 is 2.08 bits per heavy atom. The molecule has 0 aromatic carbocycles. The van der Waals surface area contributed by atoms with E-state index in [1.165, 1.54) is 31.3 Å². The number of anilines is 1. The van der Waals surface area contributed by atoms with Crippen LogP contribution in [0.25, 0.3) is 11.4 Å². The number of aryl methyl sites for hydroxylation is 1. The van der Waals surface area contributed by atoms with E-state index < -0.39 is 0 Å². The standard InChI is InChI=1S/C21H24N4O/c1-15-18-9-10-19(26)25(13-11-16-6-3-2-4-7-16)21(18)24-20(23-15)17-8-5-12-22-14-17/h5-6,8,12,14H,2-4,7,9-11,13H2,1H3. The lowest BCUT2D eigenvalue weighted by atomic mass is 9.96. The van der Waals surface area contributed by atoms with Crippen molar-refractivity contribution in [2.45, 2.75) is 51.9 Å². The molecule has 0 unspecified atom stereocenters. The molecule has 1 aliphatic heterocycles. The molecule has 1 amide bonds. The molecule has 0 atom stereocenters. The fourth-order valence-corrected chi connectivity index (χ4v) is 3.82. The molecule has 4 rings (SSSR count). The van der Waals surface area contributed by atoms with Gasteiger partial charge in [0.1, 0.15) is 5.82 Å². The van der Waals surface area contributed by atoms with Gasteiger partial charge < -0.3 is 0 Å². The maximum absolute atomic E-state index is 12.6. The molecular formula is C21H24N4O. The Hall–Kier alpha value is -2.56. The first-order valence-electron chi connectivity index (χ1n) is 9.48. The highest BCUT2D eigenvalue weighted by Gasteiger charge is 2.28. The lowest BCUT2D eigenvalue weighted by Gasteiger charge is -2.30. The summed E-state index contributed by atoms with van der Waals surface area (Å²) >= 11 is 0. The summed E-state index contributed by atoms with van der Waals surface area (Å²) in [6, 6.07) is 3.84. The van der Waals surface area contributed by atoms with E-state index in [2.05, 4.69) is 16.0 Å². The lowest BCUT2D eigenvalue weighted by Crippen LogP contribution is -2.37. The molecule has 2 aromatic heterocycles. The van der Waals surface area contributed by atoms with Crippen molar-refractivity contribution in [2.75, 3.05) is 11.4 Å². The van der Waals surface area contributed by atoms with Gasteiger partial charge in [-0.1, -0.05) is 11.6 Å². The summed E-state index contributed by atoms with van der Waals surface area (Å²) in [4.78, 5) is 28.1. The average molecular weight is 348 g/mol. The Balaban J connectivity index is 1.66. The summed E-state index contributed by atoms with van der Waals surface area (Å²) < 4.78 is 0. The van der Waals surface area contributed by atoms with Gasteiger partial charge in [0.15, 0.2) is 5.82 Å². The van der Waals surface area contributed by atoms with Crippen LogP contribution in [0.4, 0.5) is 5.82 Å². The molecule has 134 valence electrons. The topological polar surface area (TPSA) is 59.0 Å². The minimum Gasteiger partial charge on any atom is -0.296 e. The molecule has 5 nitrogen and oxygen atoms in total. The van der Waals surface area contributed by atoms with Crippen LogP contribution in [0.15, 0.2) is 36.2 Å². The van der Waals surface area contributed by atoms with Gasteiger partial charge >= 0.3 is 0 Å². The second-order valence-corrected chi connectivity index (χ2v) is 7.08. The molecule has 0 N–H and O–H groups in total. The van der Waals surface area contributed by atoms with Crippen LogP contribution in [0, 0.1) is 6.92 Å². The van der Waals surface area contributed by atoms with Crippen LogP contribution in [0.2, 0.25) is 0 Å². The highest BCUT2D eigenvalue weighted by Crippen LogP contribution is 2.31. The van der Waals surface area contributed by atoms with Crippen LogP contribution < -0.4 is 4.90 Å². The van der Waals surface area contributed by atoms with Crippen molar-refractivity contribution in [1.82, 2.24) is 15.0 Å². The van der Waals surface area contributed by atoms with Gasteiger partial charge in [-0.25, -0.2) is 9.97 Å². The number of allylic oxidation sites excluding steroid dienone is 1. The van der Waals surface area contributed by atoms with Crippen molar-refractivity contribution < 1.29 is 4.79 Å². The smallest absolute Gasteiger partial charge is 0.228 e. The Kier molecular flexibility index (Phi) is 4.78. The number of fused-ring (bicyclic) bond motifs is 1. The van der Waals surface area contributed by atoms with Crippen LogP contribution in [-0.4, -0.2) is 27.4 Å². The molecule has 0 saturated carbocycles. The zero-order valence-corrected chi connectivity index (χ0v) is 15.2. The molecule has 0 spiro atoms. The van der Waals surface area contributed by atoms with E-state index in [4.69, 9.17) is 4.98 Å². The second-order valence-electron chi connectivity index (χ2n) is 7.08. The van der Waals surface area contributed by atoms with E-state index in [-0.39, 0.29) is 5.91 Å². The summed E-state index contributed by atoms with van der Waals surface area (Å²) in [5, 5.41) is 0. The van der Waals surface area contributed by atoms with Gasteiger partial charge in [-0.2, -0.15) is 0 Å². The molecule has 5 heteroatoms. The minimum atomic E-state index is 0.171. The quantitative estimate of drug-likeness (QED) is 0.783. The minimum absolute atomic E-state index is 0.171. The molecule has 3 heterocycles. The first kappa shape index (κ1) is 16.9. The average Bonchev–Trinajstić information content (AvgIpc) is 2.68. The van der Waals surface area contributed by atoms with Gasteiger partial charge in [-0.05, 0) is 57.6 Å². The third-order valence-corrected chi connectivity index (χ3v) is 5.30. The molecule has 0 bridgehead atoms. The first-order chi connectivity index (χ1) is 12.7. The van der Waals surface area contributed by atoms with Gasteiger partial charge in [-0.15, -0.1) is 0 Å². The SMILES string of the molecule is Cc1nc(-c2cccnc2)nc2c1CCC(=O)N2CCC1=CCCCC1. The fraction of sp³-hybridized carbons (Fsp3) is 0.429. The third-order valence-electron chi connectivity index (χ3n) is 5.30. The third kappa shape index (κ3) is 3.39. The van der Waals surface area contributed by atoms with Gasteiger partial charge in [0.05, 0.1) is 0 Å². The van der Waals surface area contributed by atoms with Crippen molar-refractivity contribution in [3.63, 3.8) is 0 Å². The highest BCUT2D eigenvalue weighted by atomic mass is 16.2. The number of carbonyl (C=O) groups is 1. The number of carbonyl (C=O) groups excluding carboxylic acids is 1. The maximum atomic E-state index is 12.6. The van der Waals surface area contributed by atoms with E-state index in [1.54, 1.807) is 12.4 Å². The maximum Gasteiger partial charge on any atom is 0.228 e. The summed E-state index contributed by atoms with van der Waals surface area (Å²) in [6.45, 7) is 2.72. The van der Waals surface area contributed by atoms with Crippen molar-refractivity contribution in [3.05, 3.63) is 47.4 Å². The molecular weight excluding hydrogens is 324 g/mol. The van der Waals surface area contributed by atoms with Crippen molar-refractivity contribution in [3.8, 4) is 11.4 Å².